The third-order valence-corrected chi connectivity index (χ3v) is 5.69. The zero-order chi connectivity index (χ0) is 19.6. The molecule has 0 N–H and O–H groups in total. The predicted octanol–water partition coefficient (Wildman–Crippen LogP) is 5.45. The molecular weight excluding hydrogens is 418 g/mol. The van der Waals surface area contributed by atoms with Crippen LogP contribution in [0, 0.1) is 11.6 Å². The van der Waals surface area contributed by atoms with Crippen molar-refractivity contribution in [3.63, 3.8) is 0 Å². The van der Waals surface area contributed by atoms with Crippen LogP contribution in [0.2, 0.25) is 0 Å². The van der Waals surface area contributed by atoms with Crippen molar-refractivity contribution >= 4 is 27.0 Å². The standard InChI is InChI=1S/C20H19BrF2N2O2/c1-19(2)20(3,4)27-18-16(26-19)13-8-12(21)9-24-17(13)25(18)10-11-5-6-14(22)15(23)7-11/h5-9H,10H2,1-4H3. The number of rotatable bonds is 2. The summed E-state index contributed by atoms with van der Waals surface area (Å²) in [6.45, 7) is 8.13. The minimum absolute atomic E-state index is 0.275. The summed E-state index contributed by atoms with van der Waals surface area (Å²) in [5.74, 6) is -0.620. The fourth-order valence-corrected chi connectivity index (χ4v) is 3.39. The minimum atomic E-state index is -0.882. The van der Waals surface area contributed by atoms with Crippen molar-refractivity contribution in [1.29, 1.82) is 0 Å². The van der Waals surface area contributed by atoms with Gasteiger partial charge in [0.2, 0.25) is 5.88 Å². The molecule has 3 heterocycles. The van der Waals surface area contributed by atoms with E-state index in [2.05, 4.69) is 20.9 Å². The summed E-state index contributed by atoms with van der Waals surface area (Å²) in [4.78, 5) is 4.51. The van der Waals surface area contributed by atoms with Crippen LogP contribution in [-0.2, 0) is 6.54 Å². The zero-order valence-electron chi connectivity index (χ0n) is 15.4. The summed E-state index contributed by atoms with van der Waals surface area (Å²) in [6, 6.07) is 5.78. The molecule has 0 fully saturated rings. The summed E-state index contributed by atoms with van der Waals surface area (Å²) in [5.41, 5.74) is 0.0897. The van der Waals surface area contributed by atoms with Gasteiger partial charge in [-0.1, -0.05) is 6.07 Å². The Balaban J connectivity index is 1.91. The number of benzene rings is 1. The van der Waals surface area contributed by atoms with Gasteiger partial charge in [-0.3, -0.25) is 4.57 Å². The lowest BCUT2D eigenvalue weighted by molar-refractivity contribution is -0.102. The smallest absolute Gasteiger partial charge is 0.240 e. The number of nitrogens with zero attached hydrogens (tertiary/aromatic N) is 2. The molecule has 2 aromatic heterocycles. The number of aromatic nitrogens is 2. The van der Waals surface area contributed by atoms with Crippen LogP contribution in [0.5, 0.6) is 11.6 Å². The molecule has 142 valence electrons. The number of fused-ring (bicyclic) bond motifs is 3. The van der Waals surface area contributed by atoms with Crippen molar-refractivity contribution < 1.29 is 18.3 Å². The second-order valence-electron chi connectivity index (χ2n) is 7.72. The largest absolute Gasteiger partial charge is 0.477 e. The monoisotopic (exact) mass is 436 g/mol. The van der Waals surface area contributed by atoms with E-state index in [1.807, 2.05) is 38.3 Å². The van der Waals surface area contributed by atoms with Gasteiger partial charge in [-0.2, -0.15) is 0 Å². The SMILES string of the molecule is CC1(C)Oc2c(n(Cc3ccc(F)c(F)c3)c3ncc(Br)cc23)OC1(C)C. The Bertz CT molecular complexity index is 1060. The van der Waals surface area contributed by atoms with Crippen LogP contribution in [0.1, 0.15) is 33.3 Å². The van der Waals surface area contributed by atoms with E-state index in [-0.39, 0.29) is 6.54 Å². The van der Waals surface area contributed by atoms with Gasteiger partial charge in [-0.15, -0.1) is 0 Å². The van der Waals surface area contributed by atoms with Crippen LogP contribution in [0.25, 0.3) is 11.0 Å². The molecular formula is C20H19BrF2N2O2. The van der Waals surface area contributed by atoms with Crippen molar-refractivity contribution in [1.82, 2.24) is 9.55 Å². The van der Waals surface area contributed by atoms with Gasteiger partial charge < -0.3 is 9.47 Å². The summed E-state index contributed by atoms with van der Waals surface area (Å²) >= 11 is 3.45. The Morgan fingerprint density at radius 2 is 1.74 bits per heavy atom. The van der Waals surface area contributed by atoms with E-state index in [9.17, 15) is 8.78 Å². The first-order chi connectivity index (χ1) is 12.6. The average Bonchev–Trinajstić information content (AvgIpc) is 2.83. The van der Waals surface area contributed by atoms with Crippen LogP contribution in [0.15, 0.2) is 34.9 Å². The van der Waals surface area contributed by atoms with E-state index in [0.29, 0.717) is 22.8 Å². The molecule has 0 aliphatic carbocycles. The summed E-state index contributed by atoms with van der Waals surface area (Å²) in [6.07, 6.45) is 1.69. The van der Waals surface area contributed by atoms with Crippen molar-refractivity contribution in [2.45, 2.75) is 45.4 Å². The van der Waals surface area contributed by atoms with Crippen LogP contribution in [0.3, 0.4) is 0 Å². The average molecular weight is 437 g/mol. The maximum atomic E-state index is 13.7. The van der Waals surface area contributed by atoms with E-state index in [0.717, 1.165) is 15.9 Å². The number of hydrogen-bond acceptors (Lipinski definition) is 3. The molecule has 1 aliphatic rings. The highest BCUT2D eigenvalue weighted by Gasteiger charge is 2.48. The lowest BCUT2D eigenvalue weighted by Crippen LogP contribution is -2.56. The normalized spacial score (nSPS) is 17.3. The highest BCUT2D eigenvalue weighted by Crippen LogP contribution is 2.49. The van der Waals surface area contributed by atoms with E-state index in [1.54, 1.807) is 12.3 Å². The Morgan fingerprint density at radius 1 is 1.04 bits per heavy atom. The van der Waals surface area contributed by atoms with Gasteiger partial charge in [0.1, 0.15) is 16.8 Å². The predicted molar refractivity (Wildman–Crippen MR) is 102 cm³/mol. The summed E-state index contributed by atoms with van der Waals surface area (Å²) < 4.78 is 42.3. The van der Waals surface area contributed by atoms with Crippen LogP contribution in [-0.4, -0.2) is 20.8 Å². The van der Waals surface area contributed by atoms with Crippen molar-refractivity contribution in [2.24, 2.45) is 0 Å². The van der Waals surface area contributed by atoms with Gasteiger partial charge in [-0.05, 0) is 67.4 Å². The number of halogens is 3. The zero-order valence-corrected chi connectivity index (χ0v) is 17.0. The van der Waals surface area contributed by atoms with Crippen LogP contribution >= 0.6 is 15.9 Å². The fraction of sp³-hybridized carbons (Fsp3) is 0.350. The van der Waals surface area contributed by atoms with Crippen molar-refractivity contribution in [2.75, 3.05) is 0 Å². The first-order valence-corrected chi connectivity index (χ1v) is 9.38. The van der Waals surface area contributed by atoms with Gasteiger partial charge >= 0.3 is 0 Å². The third kappa shape index (κ3) is 2.88. The molecule has 0 spiro atoms. The Kier molecular flexibility index (Phi) is 4.00. The summed E-state index contributed by atoms with van der Waals surface area (Å²) in [5, 5.41) is 0.797. The van der Waals surface area contributed by atoms with E-state index in [1.165, 1.54) is 6.07 Å². The number of hydrogen-bond donors (Lipinski definition) is 0. The molecule has 0 atom stereocenters. The first kappa shape index (κ1) is 18.2. The van der Waals surface area contributed by atoms with Gasteiger partial charge in [0.25, 0.3) is 0 Å². The first-order valence-electron chi connectivity index (χ1n) is 8.59. The topological polar surface area (TPSA) is 36.3 Å². The molecule has 3 aromatic rings. The van der Waals surface area contributed by atoms with E-state index < -0.39 is 22.8 Å². The molecule has 0 saturated heterocycles. The molecule has 0 unspecified atom stereocenters. The minimum Gasteiger partial charge on any atom is -0.477 e. The highest BCUT2D eigenvalue weighted by atomic mass is 79.9. The Morgan fingerprint density at radius 3 is 2.44 bits per heavy atom. The van der Waals surface area contributed by atoms with Gasteiger partial charge in [0.05, 0.1) is 11.9 Å². The molecule has 4 nitrogen and oxygen atoms in total. The molecule has 0 amide bonds. The molecule has 0 saturated carbocycles. The number of pyridine rings is 1. The Hall–Kier alpha value is -2.15. The van der Waals surface area contributed by atoms with Gasteiger partial charge in [0.15, 0.2) is 17.4 Å². The molecule has 1 aliphatic heterocycles. The third-order valence-electron chi connectivity index (χ3n) is 5.26. The number of ether oxygens (including phenoxy) is 2. The van der Waals surface area contributed by atoms with Gasteiger partial charge in [-0.25, -0.2) is 13.8 Å². The molecule has 4 rings (SSSR count). The maximum Gasteiger partial charge on any atom is 0.240 e. The summed E-state index contributed by atoms with van der Waals surface area (Å²) in [7, 11) is 0. The van der Waals surface area contributed by atoms with Crippen molar-refractivity contribution in [3.05, 3.63) is 52.1 Å². The molecule has 7 heteroatoms. The quantitative estimate of drug-likeness (QED) is 0.535. The van der Waals surface area contributed by atoms with E-state index >= 15 is 0 Å². The molecule has 27 heavy (non-hydrogen) atoms. The molecule has 0 bridgehead atoms. The van der Waals surface area contributed by atoms with Crippen LogP contribution in [0.4, 0.5) is 8.78 Å². The van der Waals surface area contributed by atoms with Crippen molar-refractivity contribution in [3.8, 4) is 11.6 Å². The molecule has 0 radical (unpaired) electrons. The highest BCUT2D eigenvalue weighted by molar-refractivity contribution is 9.10. The second kappa shape index (κ2) is 5.92. The van der Waals surface area contributed by atoms with Gasteiger partial charge in [0, 0.05) is 10.7 Å². The van der Waals surface area contributed by atoms with Crippen LogP contribution < -0.4 is 9.47 Å². The lowest BCUT2D eigenvalue weighted by Gasteiger charge is -2.45. The fourth-order valence-electron chi connectivity index (χ4n) is 3.06. The van der Waals surface area contributed by atoms with E-state index in [4.69, 9.17) is 9.47 Å². The maximum absolute atomic E-state index is 13.7. The lowest BCUT2D eigenvalue weighted by atomic mass is 9.88. The second-order valence-corrected chi connectivity index (χ2v) is 8.63. The molecule has 1 aromatic carbocycles. The Labute approximate surface area is 164 Å².